The molecule has 0 aliphatic heterocycles. The number of ether oxygens (including phenoxy) is 1. The second-order valence-corrected chi connectivity index (χ2v) is 9.65. The molecule has 0 aliphatic carbocycles. The van der Waals surface area contributed by atoms with E-state index in [1.165, 1.54) is 15.9 Å². The number of rotatable bonds is 6. The second kappa shape index (κ2) is 8.94. The first-order valence-corrected chi connectivity index (χ1v) is 12.7. The maximum Gasteiger partial charge on any atom is 0.291 e. The monoisotopic (exact) mass is 497 g/mol. The highest BCUT2D eigenvalue weighted by Gasteiger charge is 2.15. The molecule has 0 saturated carbocycles. The molecule has 0 bridgehead atoms. The van der Waals surface area contributed by atoms with E-state index >= 15 is 0 Å². The second-order valence-electron chi connectivity index (χ2n) is 7.69. The molecule has 6 aromatic rings. The average molecular weight is 498 g/mol. The lowest BCUT2D eigenvalue weighted by Crippen LogP contribution is -2.23. The topological polar surface area (TPSA) is 74.3 Å². The van der Waals surface area contributed by atoms with Crippen molar-refractivity contribution >= 4 is 33.7 Å². The summed E-state index contributed by atoms with van der Waals surface area (Å²) in [5, 5.41) is 11.3. The highest BCUT2D eigenvalue weighted by Crippen LogP contribution is 2.27. The van der Waals surface area contributed by atoms with Gasteiger partial charge in [-0.15, -0.1) is 16.4 Å². The predicted octanol–water partition coefficient (Wildman–Crippen LogP) is 4.68. The van der Waals surface area contributed by atoms with Gasteiger partial charge in [0.05, 0.1) is 21.7 Å². The van der Waals surface area contributed by atoms with Crippen molar-refractivity contribution in [3.63, 3.8) is 0 Å². The van der Waals surface area contributed by atoms with Crippen molar-refractivity contribution in [3.05, 3.63) is 98.8 Å². The molecular formula is C26H19N5O2S2. The van der Waals surface area contributed by atoms with Crippen molar-refractivity contribution in [2.45, 2.75) is 6.92 Å². The van der Waals surface area contributed by atoms with E-state index < -0.39 is 0 Å². The number of para-hydroxylation sites is 1. The summed E-state index contributed by atoms with van der Waals surface area (Å²) < 4.78 is 9.34. The van der Waals surface area contributed by atoms with Crippen LogP contribution < -0.4 is 14.8 Å². The van der Waals surface area contributed by atoms with Gasteiger partial charge in [-0.3, -0.25) is 4.79 Å². The van der Waals surface area contributed by atoms with Gasteiger partial charge in [-0.05, 0) is 60.8 Å². The van der Waals surface area contributed by atoms with E-state index in [1.807, 2.05) is 96.0 Å². The summed E-state index contributed by atoms with van der Waals surface area (Å²) in [4.78, 5) is 19.2. The van der Waals surface area contributed by atoms with Gasteiger partial charge in [0.1, 0.15) is 11.4 Å². The van der Waals surface area contributed by atoms with E-state index in [9.17, 15) is 4.79 Å². The van der Waals surface area contributed by atoms with Gasteiger partial charge >= 0.3 is 0 Å². The van der Waals surface area contributed by atoms with Gasteiger partial charge in [0.25, 0.3) is 5.56 Å². The number of fused-ring (bicyclic) bond motifs is 1. The summed E-state index contributed by atoms with van der Waals surface area (Å²) in [6.07, 6.45) is 3.81. The fourth-order valence-electron chi connectivity index (χ4n) is 3.79. The Morgan fingerprint density at radius 1 is 1.00 bits per heavy atom. The van der Waals surface area contributed by atoms with Gasteiger partial charge in [0.2, 0.25) is 4.96 Å². The molecule has 4 heterocycles. The molecular weight excluding hydrogens is 478 g/mol. The Morgan fingerprint density at radius 3 is 2.54 bits per heavy atom. The third kappa shape index (κ3) is 4.05. The highest BCUT2D eigenvalue weighted by atomic mass is 32.1. The molecule has 9 heteroatoms. The zero-order chi connectivity index (χ0) is 23.8. The molecule has 0 unspecified atom stereocenters. The van der Waals surface area contributed by atoms with Crippen LogP contribution in [0.5, 0.6) is 5.75 Å². The lowest BCUT2D eigenvalue weighted by atomic mass is 10.1. The summed E-state index contributed by atoms with van der Waals surface area (Å²) in [6, 6.07) is 21.6. The standard InChI is InChI=1S/C26H19N5O2S2/c1-2-33-20-12-10-17(11-13-20)23-18(16-30(28-23)19-7-4-3-5-8-19)15-22-25(32)31-26(35-22)27-24(29-31)21-9-6-14-34-21/h3-16H,2H2,1H3/b22-15-. The van der Waals surface area contributed by atoms with Gasteiger partial charge in [-0.1, -0.05) is 35.6 Å². The molecule has 0 radical (unpaired) electrons. The molecule has 0 fully saturated rings. The Hall–Kier alpha value is -4.08. The highest BCUT2D eigenvalue weighted by molar-refractivity contribution is 7.15. The van der Waals surface area contributed by atoms with Crippen LogP contribution in [-0.4, -0.2) is 31.0 Å². The average Bonchev–Trinajstić information content (AvgIpc) is 3.67. The van der Waals surface area contributed by atoms with E-state index in [-0.39, 0.29) is 5.56 Å². The van der Waals surface area contributed by atoms with Crippen molar-refractivity contribution in [1.29, 1.82) is 0 Å². The third-order valence-corrected chi connectivity index (χ3v) is 7.24. The van der Waals surface area contributed by atoms with Gasteiger partial charge in [0, 0.05) is 17.3 Å². The van der Waals surface area contributed by atoms with Crippen LogP contribution in [0.4, 0.5) is 0 Å². The van der Waals surface area contributed by atoms with Crippen molar-refractivity contribution < 1.29 is 4.74 Å². The number of hydrogen-bond acceptors (Lipinski definition) is 7. The van der Waals surface area contributed by atoms with Crippen LogP contribution in [0.15, 0.2) is 83.1 Å². The molecule has 4 aromatic heterocycles. The molecule has 6 rings (SSSR count). The Labute approximate surface area is 208 Å². The smallest absolute Gasteiger partial charge is 0.291 e. The van der Waals surface area contributed by atoms with Crippen LogP contribution in [0, 0.1) is 0 Å². The lowest BCUT2D eigenvalue weighted by Gasteiger charge is -2.04. The predicted molar refractivity (Wildman–Crippen MR) is 139 cm³/mol. The maximum absolute atomic E-state index is 13.2. The fourth-order valence-corrected chi connectivity index (χ4v) is 5.34. The Kier molecular flexibility index (Phi) is 5.48. The summed E-state index contributed by atoms with van der Waals surface area (Å²) in [6.45, 7) is 2.56. The summed E-state index contributed by atoms with van der Waals surface area (Å²) in [7, 11) is 0. The van der Waals surface area contributed by atoms with E-state index in [2.05, 4.69) is 10.1 Å². The minimum atomic E-state index is -0.189. The first-order valence-electron chi connectivity index (χ1n) is 11.0. The molecule has 2 aromatic carbocycles. The Morgan fingerprint density at radius 2 is 1.83 bits per heavy atom. The molecule has 0 N–H and O–H groups in total. The number of nitrogens with zero attached hydrogens (tertiary/aromatic N) is 5. The van der Waals surface area contributed by atoms with Crippen LogP contribution in [0.3, 0.4) is 0 Å². The molecule has 0 saturated heterocycles. The van der Waals surface area contributed by atoms with Crippen molar-refractivity contribution in [1.82, 2.24) is 24.4 Å². The first-order chi connectivity index (χ1) is 17.2. The van der Waals surface area contributed by atoms with E-state index in [1.54, 1.807) is 11.3 Å². The maximum atomic E-state index is 13.2. The molecule has 0 atom stereocenters. The zero-order valence-corrected chi connectivity index (χ0v) is 20.3. The molecule has 172 valence electrons. The molecule has 0 aliphatic rings. The van der Waals surface area contributed by atoms with Gasteiger partial charge in [0.15, 0.2) is 5.82 Å². The normalized spacial score (nSPS) is 12.0. The SMILES string of the molecule is CCOc1ccc(-c2nn(-c3ccccc3)cc2/C=c2\sc3nc(-c4cccs4)nn3c2=O)cc1. The first kappa shape index (κ1) is 21.5. The third-order valence-electron chi connectivity index (χ3n) is 5.41. The van der Waals surface area contributed by atoms with Crippen LogP contribution in [0.1, 0.15) is 12.5 Å². The molecule has 0 amide bonds. The zero-order valence-electron chi connectivity index (χ0n) is 18.7. The number of aromatic nitrogens is 5. The fraction of sp³-hybridized carbons (Fsp3) is 0.0769. The van der Waals surface area contributed by atoms with Gasteiger partial charge in [-0.25, -0.2) is 4.68 Å². The van der Waals surface area contributed by atoms with Gasteiger partial charge < -0.3 is 4.74 Å². The quantitative estimate of drug-likeness (QED) is 0.334. The largest absolute Gasteiger partial charge is 0.494 e. The van der Waals surface area contributed by atoms with Crippen molar-refractivity contribution in [3.8, 4) is 33.4 Å². The summed E-state index contributed by atoms with van der Waals surface area (Å²) in [5.41, 5.74) is 3.28. The minimum absolute atomic E-state index is 0.189. The van der Waals surface area contributed by atoms with Crippen LogP contribution in [0.25, 0.3) is 38.7 Å². The number of benzene rings is 2. The molecule has 7 nitrogen and oxygen atoms in total. The van der Waals surface area contributed by atoms with E-state index in [0.29, 0.717) is 21.9 Å². The summed E-state index contributed by atoms with van der Waals surface area (Å²) >= 11 is 2.87. The van der Waals surface area contributed by atoms with Crippen LogP contribution in [-0.2, 0) is 0 Å². The minimum Gasteiger partial charge on any atom is -0.494 e. The summed E-state index contributed by atoms with van der Waals surface area (Å²) in [5.74, 6) is 1.38. The lowest BCUT2D eigenvalue weighted by molar-refractivity contribution is 0.340. The number of hydrogen-bond donors (Lipinski definition) is 0. The van der Waals surface area contributed by atoms with Crippen molar-refractivity contribution in [2.24, 2.45) is 0 Å². The van der Waals surface area contributed by atoms with Crippen LogP contribution in [0.2, 0.25) is 0 Å². The molecule has 0 spiro atoms. The number of thiazole rings is 1. The van der Waals surface area contributed by atoms with E-state index in [0.717, 1.165) is 33.1 Å². The number of thiophene rings is 1. The Balaban J connectivity index is 1.47. The Bertz CT molecular complexity index is 1720. The molecule has 35 heavy (non-hydrogen) atoms. The van der Waals surface area contributed by atoms with Gasteiger partial charge in [-0.2, -0.15) is 14.6 Å². The van der Waals surface area contributed by atoms with Crippen molar-refractivity contribution in [2.75, 3.05) is 6.61 Å². The van der Waals surface area contributed by atoms with Crippen LogP contribution >= 0.6 is 22.7 Å². The van der Waals surface area contributed by atoms with E-state index in [4.69, 9.17) is 9.84 Å².